The Balaban J connectivity index is 2.01. The van der Waals surface area contributed by atoms with Gasteiger partial charge in [-0.05, 0) is 40.8 Å². The molecule has 0 fully saturated rings. The summed E-state index contributed by atoms with van der Waals surface area (Å²) < 4.78 is 11.0. The van der Waals surface area contributed by atoms with E-state index in [0.29, 0.717) is 17.9 Å². The Morgan fingerprint density at radius 2 is 2.22 bits per heavy atom. The van der Waals surface area contributed by atoms with Crippen LogP contribution in [0.2, 0.25) is 0 Å². The molecule has 1 aromatic carbocycles. The largest absolute Gasteiger partial charge is 0.467 e. The van der Waals surface area contributed by atoms with Crippen molar-refractivity contribution in [2.75, 3.05) is 12.4 Å². The van der Waals surface area contributed by atoms with Crippen LogP contribution in [0, 0.1) is 3.57 Å². The fraction of sp³-hybridized carbons (Fsp3) is 0.154. The minimum absolute atomic E-state index is 0.390. The van der Waals surface area contributed by atoms with Crippen LogP contribution < -0.4 is 5.32 Å². The Labute approximate surface area is 118 Å². The van der Waals surface area contributed by atoms with Crippen LogP contribution in [0.15, 0.2) is 41.0 Å². The lowest BCUT2D eigenvalue weighted by atomic mass is 10.3. The van der Waals surface area contributed by atoms with Gasteiger partial charge in [0.05, 0.1) is 19.2 Å². The quantitative estimate of drug-likeness (QED) is 0.674. The highest BCUT2D eigenvalue weighted by Gasteiger charge is 2.10. The molecule has 2 aromatic rings. The number of carbonyl (C=O) groups is 1. The first-order valence-corrected chi connectivity index (χ1v) is 6.42. The van der Waals surface area contributed by atoms with Crippen molar-refractivity contribution in [1.82, 2.24) is 0 Å². The fourth-order valence-electron chi connectivity index (χ4n) is 1.49. The standard InChI is InChI=1S/C13H12INO3/c1-17-13(16)9-6-10(18-8-9)7-15-12-5-3-2-4-11(12)14/h2-6,8,15H,7H2,1H3. The third-order valence-electron chi connectivity index (χ3n) is 2.40. The molecule has 2 rings (SSSR count). The summed E-state index contributed by atoms with van der Waals surface area (Å²) >= 11 is 2.26. The minimum atomic E-state index is -0.390. The van der Waals surface area contributed by atoms with E-state index in [0.717, 1.165) is 9.26 Å². The number of hydrogen-bond donors (Lipinski definition) is 1. The second kappa shape index (κ2) is 5.90. The first kappa shape index (κ1) is 12.9. The molecule has 0 saturated heterocycles. The summed E-state index contributed by atoms with van der Waals surface area (Å²) in [6.07, 6.45) is 1.40. The number of para-hydroxylation sites is 1. The van der Waals surface area contributed by atoms with Gasteiger partial charge in [0.2, 0.25) is 0 Å². The van der Waals surface area contributed by atoms with Gasteiger partial charge >= 0.3 is 5.97 Å². The SMILES string of the molecule is COC(=O)c1coc(CNc2ccccc2I)c1. The van der Waals surface area contributed by atoms with Crippen molar-refractivity contribution in [2.45, 2.75) is 6.54 Å². The summed E-state index contributed by atoms with van der Waals surface area (Å²) in [6.45, 7) is 0.525. The minimum Gasteiger partial charge on any atom is -0.467 e. The van der Waals surface area contributed by atoms with Crippen LogP contribution in [-0.2, 0) is 11.3 Å². The number of nitrogens with one attached hydrogen (secondary N) is 1. The van der Waals surface area contributed by atoms with Crippen molar-refractivity contribution >= 4 is 34.2 Å². The van der Waals surface area contributed by atoms with E-state index in [9.17, 15) is 4.79 Å². The van der Waals surface area contributed by atoms with E-state index >= 15 is 0 Å². The number of furan rings is 1. The molecule has 0 atom stereocenters. The van der Waals surface area contributed by atoms with Gasteiger partial charge in [-0.1, -0.05) is 12.1 Å². The van der Waals surface area contributed by atoms with Gasteiger partial charge in [-0.2, -0.15) is 0 Å². The first-order chi connectivity index (χ1) is 8.70. The van der Waals surface area contributed by atoms with E-state index in [-0.39, 0.29) is 5.97 Å². The first-order valence-electron chi connectivity index (χ1n) is 5.35. The highest BCUT2D eigenvalue weighted by Crippen LogP contribution is 2.18. The van der Waals surface area contributed by atoms with Crippen molar-refractivity contribution in [1.29, 1.82) is 0 Å². The van der Waals surface area contributed by atoms with E-state index in [1.807, 2.05) is 24.3 Å². The number of ether oxygens (including phenoxy) is 1. The Bertz CT molecular complexity index is 551. The van der Waals surface area contributed by atoms with Gasteiger partial charge in [-0.25, -0.2) is 4.79 Å². The Hall–Kier alpha value is -1.50. The lowest BCUT2D eigenvalue weighted by Crippen LogP contribution is -2.01. The van der Waals surface area contributed by atoms with Crippen molar-refractivity contribution in [3.8, 4) is 0 Å². The second-order valence-electron chi connectivity index (χ2n) is 3.63. The van der Waals surface area contributed by atoms with Gasteiger partial charge in [0.25, 0.3) is 0 Å². The van der Waals surface area contributed by atoms with Gasteiger partial charge in [-0.15, -0.1) is 0 Å². The molecular formula is C13H12INO3. The predicted octanol–water partition coefficient (Wildman–Crippen LogP) is 3.28. The van der Waals surface area contributed by atoms with Crippen molar-refractivity contribution in [3.63, 3.8) is 0 Å². The van der Waals surface area contributed by atoms with Gasteiger partial charge in [-0.3, -0.25) is 0 Å². The summed E-state index contributed by atoms with van der Waals surface area (Å²) in [4.78, 5) is 11.3. The van der Waals surface area contributed by atoms with Crippen molar-refractivity contribution in [3.05, 3.63) is 51.5 Å². The number of esters is 1. The molecule has 1 heterocycles. The van der Waals surface area contributed by atoms with E-state index in [4.69, 9.17) is 4.42 Å². The third kappa shape index (κ3) is 3.04. The number of halogens is 1. The van der Waals surface area contributed by atoms with Crippen LogP contribution in [-0.4, -0.2) is 13.1 Å². The summed E-state index contributed by atoms with van der Waals surface area (Å²) in [6, 6.07) is 9.63. The van der Waals surface area contributed by atoms with Gasteiger partial charge in [0.1, 0.15) is 12.0 Å². The number of hydrogen-bond acceptors (Lipinski definition) is 4. The normalized spacial score (nSPS) is 10.1. The molecule has 5 heteroatoms. The number of benzene rings is 1. The lowest BCUT2D eigenvalue weighted by molar-refractivity contribution is 0.0600. The summed E-state index contributed by atoms with van der Waals surface area (Å²) in [5.41, 5.74) is 1.46. The molecule has 0 aliphatic rings. The summed E-state index contributed by atoms with van der Waals surface area (Å²) in [7, 11) is 1.35. The number of carbonyl (C=O) groups excluding carboxylic acids is 1. The zero-order valence-corrected chi connectivity index (χ0v) is 11.9. The maximum absolute atomic E-state index is 11.3. The van der Waals surface area contributed by atoms with Crippen LogP contribution in [0.25, 0.3) is 0 Å². The van der Waals surface area contributed by atoms with Crippen LogP contribution in [0.1, 0.15) is 16.1 Å². The summed E-state index contributed by atoms with van der Waals surface area (Å²) in [5.74, 6) is 0.300. The fourth-order valence-corrected chi connectivity index (χ4v) is 2.06. The smallest absolute Gasteiger partial charge is 0.341 e. The average molecular weight is 357 g/mol. The zero-order valence-electron chi connectivity index (χ0n) is 9.77. The van der Waals surface area contributed by atoms with E-state index in [1.54, 1.807) is 6.07 Å². The molecule has 0 unspecified atom stereocenters. The molecule has 0 bridgehead atoms. The molecule has 0 amide bonds. The predicted molar refractivity (Wildman–Crippen MR) is 76.5 cm³/mol. The van der Waals surface area contributed by atoms with Crippen LogP contribution >= 0.6 is 22.6 Å². The molecule has 4 nitrogen and oxygen atoms in total. The third-order valence-corrected chi connectivity index (χ3v) is 3.34. The van der Waals surface area contributed by atoms with Crippen molar-refractivity contribution in [2.24, 2.45) is 0 Å². The molecule has 0 radical (unpaired) electrons. The molecule has 94 valence electrons. The number of rotatable bonds is 4. The highest BCUT2D eigenvalue weighted by molar-refractivity contribution is 14.1. The lowest BCUT2D eigenvalue weighted by Gasteiger charge is -2.05. The van der Waals surface area contributed by atoms with E-state index < -0.39 is 0 Å². The van der Waals surface area contributed by atoms with E-state index in [1.165, 1.54) is 13.4 Å². The monoisotopic (exact) mass is 357 g/mol. The molecule has 0 aliphatic heterocycles. The Kier molecular flexibility index (Phi) is 4.24. The van der Waals surface area contributed by atoms with Gasteiger partial charge < -0.3 is 14.5 Å². The number of methoxy groups -OCH3 is 1. The molecule has 18 heavy (non-hydrogen) atoms. The molecule has 0 saturated carbocycles. The molecule has 0 spiro atoms. The Morgan fingerprint density at radius 1 is 1.44 bits per heavy atom. The molecular weight excluding hydrogens is 345 g/mol. The van der Waals surface area contributed by atoms with Crippen LogP contribution in [0.4, 0.5) is 5.69 Å². The maximum Gasteiger partial charge on any atom is 0.341 e. The second-order valence-corrected chi connectivity index (χ2v) is 4.79. The van der Waals surface area contributed by atoms with E-state index in [2.05, 4.69) is 32.6 Å². The topological polar surface area (TPSA) is 51.5 Å². The maximum atomic E-state index is 11.3. The van der Waals surface area contributed by atoms with Gasteiger partial charge in [0.15, 0.2) is 0 Å². The highest BCUT2D eigenvalue weighted by atomic mass is 127. The number of anilines is 1. The summed E-state index contributed by atoms with van der Waals surface area (Å²) in [5, 5.41) is 3.25. The average Bonchev–Trinajstić information content (AvgIpc) is 2.86. The molecule has 0 aliphatic carbocycles. The van der Waals surface area contributed by atoms with Crippen molar-refractivity contribution < 1.29 is 13.9 Å². The van der Waals surface area contributed by atoms with Gasteiger partial charge in [0, 0.05) is 9.26 Å². The van der Waals surface area contributed by atoms with Crippen LogP contribution in [0.5, 0.6) is 0 Å². The van der Waals surface area contributed by atoms with Crippen LogP contribution in [0.3, 0.4) is 0 Å². The molecule has 1 N–H and O–H groups in total. The Morgan fingerprint density at radius 3 is 2.94 bits per heavy atom. The molecule has 1 aromatic heterocycles. The zero-order chi connectivity index (χ0) is 13.0.